The van der Waals surface area contributed by atoms with Crippen LogP contribution in [0.4, 0.5) is 0 Å². The van der Waals surface area contributed by atoms with Crippen LogP contribution in [0.3, 0.4) is 0 Å². The molecule has 1 aromatic heterocycles. The molecule has 0 saturated heterocycles. The lowest BCUT2D eigenvalue weighted by Crippen LogP contribution is -2.32. The Hall–Kier alpha value is -3.35. The predicted octanol–water partition coefficient (Wildman–Crippen LogP) is 1.84. The fourth-order valence-corrected chi connectivity index (χ4v) is 3.15. The molecule has 0 spiro atoms. The quantitative estimate of drug-likeness (QED) is 0.709. The number of fused-ring (bicyclic) bond motifs is 1. The maximum Gasteiger partial charge on any atom is 0.329 e. The third-order valence-electron chi connectivity index (χ3n) is 4.64. The van der Waals surface area contributed by atoms with Crippen LogP contribution in [0.25, 0.3) is 11.0 Å². The van der Waals surface area contributed by atoms with Gasteiger partial charge >= 0.3 is 5.69 Å². The van der Waals surface area contributed by atoms with Gasteiger partial charge in [0, 0.05) is 32.7 Å². The van der Waals surface area contributed by atoms with E-state index in [-0.39, 0.29) is 24.0 Å². The number of nitrogens with zero attached hydrogens (tertiary/aromatic N) is 3. The Morgan fingerprint density at radius 1 is 0.964 bits per heavy atom. The van der Waals surface area contributed by atoms with E-state index in [9.17, 15) is 14.4 Å². The number of imidazole rings is 1. The van der Waals surface area contributed by atoms with Gasteiger partial charge in [0.2, 0.25) is 5.91 Å². The molecule has 0 bridgehead atoms. The molecule has 0 fully saturated rings. The molecule has 0 atom stereocenters. The summed E-state index contributed by atoms with van der Waals surface area (Å²) in [5.74, 6) is -0.308. The van der Waals surface area contributed by atoms with E-state index in [1.165, 1.54) is 9.47 Å². The van der Waals surface area contributed by atoms with E-state index < -0.39 is 0 Å². The second kappa shape index (κ2) is 8.12. The molecule has 146 valence electrons. The Morgan fingerprint density at radius 2 is 1.57 bits per heavy atom. The monoisotopic (exact) mass is 380 g/mol. The maximum absolute atomic E-state index is 12.6. The SMILES string of the molecule is CCn1c(=O)n(CC(=O)NCc2ccc(C(=O)N(C)C)cc2)c2ccccc21. The Bertz CT molecular complexity index is 1060. The first-order valence-electron chi connectivity index (χ1n) is 9.17. The molecule has 2 amide bonds. The summed E-state index contributed by atoms with van der Waals surface area (Å²) >= 11 is 0. The molecular weight excluding hydrogens is 356 g/mol. The lowest BCUT2D eigenvalue weighted by molar-refractivity contribution is -0.121. The minimum absolute atomic E-state index is 0.0381. The molecule has 0 aliphatic rings. The molecule has 2 aromatic carbocycles. The molecular formula is C21H24N4O3. The zero-order valence-electron chi connectivity index (χ0n) is 16.3. The van der Waals surface area contributed by atoms with Crippen LogP contribution in [0, 0.1) is 0 Å². The highest BCUT2D eigenvalue weighted by Crippen LogP contribution is 2.12. The second-order valence-electron chi connectivity index (χ2n) is 6.77. The van der Waals surface area contributed by atoms with Gasteiger partial charge in [-0.2, -0.15) is 0 Å². The van der Waals surface area contributed by atoms with Crippen molar-refractivity contribution in [1.82, 2.24) is 19.4 Å². The van der Waals surface area contributed by atoms with Gasteiger partial charge in [0.15, 0.2) is 0 Å². The summed E-state index contributed by atoms with van der Waals surface area (Å²) in [4.78, 5) is 38.4. The molecule has 3 aromatic rings. The average Bonchev–Trinajstić information content (AvgIpc) is 2.97. The Labute approximate surface area is 163 Å². The fourth-order valence-electron chi connectivity index (χ4n) is 3.15. The van der Waals surface area contributed by atoms with Crippen molar-refractivity contribution in [2.75, 3.05) is 14.1 Å². The van der Waals surface area contributed by atoms with Crippen molar-refractivity contribution in [2.45, 2.75) is 26.6 Å². The minimum atomic E-state index is -0.241. The largest absolute Gasteiger partial charge is 0.350 e. The van der Waals surface area contributed by atoms with Crippen LogP contribution >= 0.6 is 0 Å². The highest BCUT2D eigenvalue weighted by atomic mass is 16.2. The normalized spacial score (nSPS) is 10.8. The van der Waals surface area contributed by atoms with Crippen molar-refractivity contribution in [3.63, 3.8) is 0 Å². The summed E-state index contributed by atoms with van der Waals surface area (Å²) in [6.45, 7) is 2.74. The molecule has 0 aliphatic carbocycles. The standard InChI is InChI=1S/C21H24N4O3/c1-4-24-17-7-5-6-8-18(17)25(21(24)28)14-19(26)22-13-15-9-11-16(12-10-15)20(27)23(2)3/h5-12H,4,13-14H2,1-3H3,(H,22,26). The zero-order chi connectivity index (χ0) is 20.3. The fraction of sp³-hybridized carbons (Fsp3) is 0.286. The van der Waals surface area contributed by atoms with Crippen molar-refractivity contribution in [1.29, 1.82) is 0 Å². The van der Waals surface area contributed by atoms with Gasteiger partial charge < -0.3 is 10.2 Å². The highest BCUT2D eigenvalue weighted by Gasteiger charge is 2.14. The number of amides is 2. The molecule has 1 heterocycles. The Balaban J connectivity index is 1.69. The van der Waals surface area contributed by atoms with Crippen molar-refractivity contribution >= 4 is 22.8 Å². The molecule has 0 radical (unpaired) electrons. The van der Waals surface area contributed by atoms with Crippen LogP contribution in [-0.4, -0.2) is 39.9 Å². The second-order valence-corrected chi connectivity index (χ2v) is 6.77. The van der Waals surface area contributed by atoms with Gasteiger partial charge in [-0.3, -0.25) is 18.7 Å². The first kappa shape index (κ1) is 19.4. The highest BCUT2D eigenvalue weighted by molar-refractivity contribution is 5.93. The number of benzene rings is 2. The number of hydrogen-bond acceptors (Lipinski definition) is 3. The van der Waals surface area contributed by atoms with Gasteiger partial charge in [-0.25, -0.2) is 4.79 Å². The van der Waals surface area contributed by atoms with Crippen molar-refractivity contribution in [3.05, 3.63) is 70.1 Å². The third-order valence-corrected chi connectivity index (χ3v) is 4.64. The van der Waals surface area contributed by atoms with Gasteiger partial charge in [-0.05, 0) is 36.8 Å². The lowest BCUT2D eigenvalue weighted by atomic mass is 10.1. The van der Waals surface area contributed by atoms with Gasteiger partial charge in [-0.15, -0.1) is 0 Å². The van der Waals surface area contributed by atoms with Crippen molar-refractivity contribution in [3.8, 4) is 0 Å². The predicted molar refractivity (Wildman–Crippen MR) is 108 cm³/mol. The molecule has 7 nitrogen and oxygen atoms in total. The van der Waals surface area contributed by atoms with E-state index in [1.54, 1.807) is 30.8 Å². The molecule has 28 heavy (non-hydrogen) atoms. The molecule has 0 aliphatic heterocycles. The lowest BCUT2D eigenvalue weighted by Gasteiger charge is -2.11. The van der Waals surface area contributed by atoms with E-state index in [1.807, 2.05) is 43.3 Å². The van der Waals surface area contributed by atoms with Crippen LogP contribution in [0.5, 0.6) is 0 Å². The van der Waals surface area contributed by atoms with Gasteiger partial charge in [0.25, 0.3) is 5.91 Å². The molecule has 7 heteroatoms. The number of hydrogen-bond donors (Lipinski definition) is 1. The molecule has 3 rings (SSSR count). The van der Waals surface area contributed by atoms with Crippen LogP contribution in [-0.2, 0) is 24.4 Å². The summed E-state index contributed by atoms with van der Waals surface area (Å²) in [5.41, 5.74) is 2.86. The van der Waals surface area contributed by atoms with E-state index in [4.69, 9.17) is 0 Å². The molecule has 0 unspecified atom stereocenters. The summed E-state index contributed by atoms with van der Waals surface area (Å²) in [6.07, 6.45) is 0. The molecule has 1 N–H and O–H groups in total. The van der Waals surface area contributed by atoms with E-state index in [2.05, 4.69) is 5.32 Å². The van der Waals surface area contributed by atoms with E-state index in [0.717, 1.165) is 16.6 Å². The van der Waals surface area contributed by atoms with E-state index in [0.29, 0.717) is 18.7 Å². The van der Waals surface area contributed by atoms with Crippen LogP contribution in [0.1, 0.15) is 22.8 Å². The first-order valence-corrected chi connectivity index (χ1v) is 9.17. The number of aromatic nitrogens is 2. The number of carbonyl (C=O) groups excluding carboxylic acids is 2. The molecule has 0 saturated carbocycles. The summed E-state index contributed by atoms with van der Waals surface area (Å²) in [5, 5.41) is 2.83. The van der Waals surface area contributed by atoms with Crippen molar-refractivity contribution < 1.29 is 9.59 Å². The number of para-hydroxylation sites is 2. The van der Waals surface area contributed by atoms with E-state index >= 15 is 0 Å². The van der Waals surface area contributed by atoms with Crippen LogP contribution < -0.4 is 11.0 Å². The maximum atomic E-state index is 12.6. The number of carbonyl (C=O) groups is 2. The van der Waals surface area contributed by atoms with Gasteiger partial charge in [0.1, 0.15) is 6.54 Å². The average molecular weight is 380 g/mol. The van der Waals surface area contributed by atoms with Gasteiger partial charge in [0.05, 0.1) is 11.0 Å². The Morgan fingerprint density at radius 3 is 2.14 bits per heavy atom. The van der Waals surface area contributed by atoms with Crippen LogP contribution in [0.15, 0.2) is 53.3 Å². The minimum Gasteiger partial charge on any atom is -0.350 e. The smallest absolute Gasteiger partial charge is 0.329 e. The first-order chi connectivity index (χ1) is 13.4. The Kier molecular flexibility index (Phi) is 5.63. The summed E-state index contributed by atoms with van der Waals surface area (Å²) < 4.78 is 3.15. The topological polar surface area (TPSA) is 76.3 Å². The summed E-state index contributed by atoms with van der Waals surface area (Å²) in [6, 6.07) is 14.6. The summed E-state index contributed by atoms with van der Waals surface area (Å²) in [7, 11) is 3.40. The van der Waals surface area contributed by atoms with Gasteiger partial charge in [-0.1, -0.05) is 24.3 Å². The van der Waals surface area contributed by atoms with Crippen molar-refractivity contribution in [2.24, 2.45) is 0 Å². The zero-order valence-corrected chi connectivity index (χ0v) is 16.3. The van der Waals surface area contributed by atoms with Crippen LogP contribution in [0.2, 0.25) is 0 Å². The third kappa shape index (κ3) is 3.83. The number of rotatable bonds is 6. The number of nitrogens with one attached hydrogen (secondary N) is 1. The number of aryl methyl sites for hydroxylation is 1.